The van der Waals surface area contributed by atoms with Crippen molar-refractivity contribution in [2.45, 2.75) is 17.0 Å². The second kappa shape index (κ2) is 5.47. The van der Waals surface area contributed by atoms with Gasteiger partial charge in [0, 0.05) is 20.1 Å². The van der Waals surface area contributed by atoms with Crippen LogP contribution in [0.5, 0.6) is 0 Å². The second-order valence-electron chi connectivity index (χ2n) is 4.00. The van der Waals surface area contributed by atoms with Gasteiger partial charge in [-0.2, -0.15) is 4.31 Å². The van der Waals surface area contributed by atoms with E-state index in [0.29, 0.717) is 16.9 Å². The van der Waals surface area contributed by atoms with Crippen LogP contribution in [0.15, 0.2) is 18.5 Å². The summed E-state index contributed by atoms with van der Waals surface area (Å²) in [6, 6.07) is 1.13. The number of rotatable bonds is 3. The lowest BCUT2D eigenvalue weighted by atomic mass is 10.2. The van der Waals surface area contributed by atoms with Crippen molar-refractivity contribution < 1.29 is 13.5 Å². The van der Waals surface area contributed by atoms with E-state index in [1.807, 2.05) is 0 Å². The van der Waals surface area contributed by atoms with E-state index in [4.69, 9.17) is 0 Å². The van der Waals surface area contributed by atoms with Crippen molar-refractivity contribution in [1.82, 2.24) is 9.62 Å². The molecule has 9 heteroatoms. The molecule has 0 amide bonds. The Bertz CT molecular complexity index is 546. The average Bonchev–Trinajstić information content (AvgIpc) is 2.83. The predicted molar refractivity (Wildman–Crippen MR) is 77.3 cm³/mol. The smallest absolute Gasteiger partial charge is 0.245 e. The molecule has 0 radical (unpaired) electrons. The summed E-state index contributed by atoms with van der Waals surface area (Å²) < 4.78 is 27.4. The summed E-state index contributed by atoms with van der Waals surface area (Å²) in [5.74, 6) is 0. The van der Waals surface area contributed by atoms with Gasteiger partial charge in [0.25, 0.3) is 0 Å². The van der Waals surface area contributed by atoms with E-state index in [1.165, 1.54) is 22.7 Å². The highest BCUT2D eigenvalue weighted by atomic mass is 79.9. The Labute approximate surface area is 126 Å². The van der Waals surface area contributed by atoms with Crippen LogP contribution in [0.1, 0.15) is 0 Å². The van der Waals surface area contributed by atoms with Crippen LogP contribution in [-0.4, -0.2) is 50.1 Å². The molecule has 2 atom stereocenters. The minimum Gasteiger partial charge on any atom is -0.390 e. The molecular weight excluding hydrogens is 408 g/mol. The zero-order valence-electron chi connectivity index (χ0n) is 9.43. The maximum absolute atomic E-state index is 12.4. The van der Waals surface area contributed by atoms with Gasteiger partial charge in [-0.1, -0.05) is 0 Å². The third kappa shape index (κ3) is 2.67. The fraction of sp³-hybridized carbons (Fsp3) is 0.556. The van der Waals surface area contributed by atoms with Gasteiger partial charge in [-0.3, -0.25) is 0 Å². The van der Waals surface area contributed by atoms with Crippen LogP contribution >= 0.6 is 43.2 Å². The van der Waals surface area contributed by atoms with Crippen molar-refractivity contribution in [2.24, 2.45) is 0 Å². The molecule has 18 heavy (non-hydrogen) atoms. The van der Waals surface area contributed by atoms with E-state index in [9.17, 15) is 13.5 Å². The number of aliphatic hydroxyl groups excluding tert-OH is 1. The van der Waals surface area contributed by atoms with Crippen LogP contribution < -0.4 is 5.32 Å². The number of hydrogen-bond acceptors (Lipinski definition) is 5. The molecule has 102 valence electrons. The summed E-state index contributed by atoms with van der Waals surface area (Å²) in [5, 5.41) is 12.7. The number of nitrogens with one attached hydrogen (secondary N) is 1. The predicted octanol–water partition coefficient (Wildman–Crippen LogP) is 1.23. The van der Waals surface area contributed by atoms with Crippen LogP contribution in [-0.2, 0) is 10.0 Å². The van der Waals surface area contributed by atoms with Gasteiger partial charge in [0.1, 0.15) is 4.90 Å². The first kappa shape index (κ1) is 14.9. The number of hydrogen-bond donors (Lipinski definition) is 2. The van der Waals surface area contributed by atoms with E-state index in [2.05, 4.69) is 37.2 Å². The van der Waals surface area contributed by atoms with Crippen molar-refractivity contribution in [3.8, 4) is 0 Å². The molecule has 0 saturated carbocycles. The minimum atomic E-state index is -3.60. The molecule has 0 aromatic carbocycles. The molecule has 0 spiro atoms. The van der Waals surface area contributed by atoms with Gasteiger partial charge in [-0.05, 0) is 37.9 Å². The maximum atomic E-state index is 12.4. The first-order chi connectivity index (χ1) is 8.34. The molecule has 2 rings (SSSR count). The van der Waals surface area contributed by atoms with E-state index in [1.54, 1.807) is 6.07 Å². The fourth-order valence-corrected chi connectivity index (χ4v) is 7.00. The Morgan fingerprint density at radius 3 is 2.61 bits per heavy atom. The highest BCUT2D eigenvalue weighted by molar-refractivity contribution is 9.12. The number of aliphatic hydroxyl groups is 1. The standard InChI is InChI=1S/C9H12Br2N2O3S2/c1-13(5-3-12-4-6(5)14)18(15,16)7-2-8(10)17-9(7)11/h2,5-6,12,14H,3-4H2,1H3/t5-,6-/m1/s1. The van der Waals surface area contributed by atoms with Crippen LogP contribution in [0.4, 0.5) is 0 Å². The lowest BCUT2D eigenvalue weighted by molar-refractivity contribution is 0.136. The summed E-state index contributed by atoms with van der Waals surface area (Å²) in [5.41, 5.74) is 0. The van der Waals surface area contributed by atoms with Crippen molar-refractivity contribution in [2.75, 3.05) is 20.1 Å². The number of sulfonamides is 1. The van der Waals surface area contributed by atoms with E-state index < -0.39 is 22.2 Å². The van der Waals surface area contributed by atoms with Crippen LogP contribution in [0, 0.1) is 0 Å². The Kier molecular flexibility index (Phi) is 4.52. The van der Waals surface area contributed by atoms with Crippen molar-refractivity contribution in [1.29, 1.82) is 0 Å². The zero-order valence-corrected chi connectivity index (χ0v) is 14.2. The molecule has 0 bridgehead atoms. The number of likely N-dealkylation sites (N-methyl/N-ethyl adjacent to an activating group) is 1. The van der Waals surface area contributed by atoms with Crippen molar-refractivity contribution in [3.05, 3.63) is 13.6 Å². The number of nitrogens with zero attached hydrogens (tertiary/aromatic N) is 1. The fourth-order valence-electron chi connectivity index (χ4n) is 1.86. The van der Waals surface area contributed by atoms with Gasteiger partial charge < -0.3 is 10.4 Å². The lowest BCUT2D eigenvalue weighted by Crippen LogP contribution is -2.44. The first-order valence-electron chi connectivity index (χ1n) is 5.15. The van der Waals surface area contributed by atoms with E-state index >= 15 is 0 Å². The summed E-state index contributed by atoms with van der Waals surface area (Å²) in [6.07, 6.45) is -0.675. The number of β-amino-alcohol motifs (C(OH)–C–C–N with tert-alkyl or cyclic N) is 1. The molecule has 1 aromatic heterocycles. The molecule has 1 saturated heterocycles. The molecule has 1 aromatic rings. The Hall–Kier alpha value is 0.490. The molecule has 2 heterocycles. The molecule has 0 aliphatic carbocycles. The topological polar surface area (TPSA) is 69.6 Å². The van der Waals surface area contributed by atoms with Gasteiger partial charge in [-0.15, -0.1) is 11.3 Å². The zero-order chi connectivity index (χ0) is 13.5. The van der Waals surface area contributed by atoms with Gasteiger partial charge in [0.05, 0.1) is 19.7 Å². The van der Waals surface area contributed by atoms with Crippen LogP contribution in [0.2, 0.25) is 0 Å². The highest BCUT2D eigenvalue weighted by Crippen LogP contribution is 2.36. The van der Waals surface area contributed by atoms with E-state index in [0.717, 1.165) is 3.79 Å². The normalized spacial score (nSPS) is 24.9. The molecule has 1 fully saturated rings. The summed E-state index contributed by atoms with van der Waals surface area (Å²) in [6.45, 7) is 0.874. The van der Waals surface area contributed by atoms with Gasteiger partial charge >= 0.3 is 0 Å². The quantitative estimate of drug-likeness (QED) is 0.772. The SMILES string of the molecule is CN([C@@H]1CNC[C@H]1O)S(=O)(=O)c1cc(Br)sc1Br. The molecule has 2 N–H and O–H groups in total. The summed E-state index contributed by atoms with van der Waals surface area (Å²) in [4.78, 5) is 0.223. The Morgan fingerprint density at radius 1 is 1.50 bits per heavy atom. The first-order valence-corrected chi connectivity index (χ1v) is 9.00. The molecular formula is C9H12Br2N2O3S2. The summed E-state index contributed by atoms with van der Waals surface area (Å²) in [7, 11) is -2.10. The third-order valence-electron chi connectivity index (χ3n) is 2.90. The van der Waals surface area contributed by atoms with Crippen LogP contribution in [0.25, 0.3) is 0 Å². The molecule has 1 aliphatic rings. The maximum Gasteiger partial charge on any atom is 0.245 e. The van der Waals surface area contributed by atoms with Gasteiger partial charge in [0.15, 0.2) is 0 Å². The van der Waals surface area contributed by atoms with E-state index in [-0.39, 0.29) is 4.90 Å². The molecule has 1 aliphatic heterocycles. The average molecular weight is 420 g/mol. The number of halogens is 2. The van der Waals surface area contributed by atoms with Crippen LogP contribution in [0.3, 0.4) is 0 Å². The summed E-state index contributed by atoms with van der Waals surface area (Å²) >= 11 is 7.82. The molecule has 0 unspecified atom stereocenters. The Balaban J connectivity index is 2.34. The monoisotopic (exact) mass is 418 g/mol. The van der Waals surface area contributed by atoms with Gasteiger partial charge in [0.2, 0.25) is 10.0 Å². The van der Waals surface area contributed by atoms with Crippen molar-refractivity contribution in [3.63, 3.8) is 0 Å². The number of thiophene rings is 1. The Morgan fingerprint density at radius 2 is 2.17 bits per heavy atom. The van der Waals surface area contributed by atoms with Gasteiger partial charge in [-0.25, -0.2) is 8.42 Å². The lowest BCUT2D eigenvalue weighted by Gasteiger charge is -2.25. The highest BCUT2D eigenvalue weighted by Gasteiger charge is 2.37. The van der Waals surface area contributed by atoms with Crippen molar-refractivity contribution >= 4 is 53.2 Å². The molecule has 5 nitrogen and oxygen atoms in total. The second-order valence-corrected chi connectivity index (χ2v) is 9.72. The minimum absolute atomic E-state index is 0.223. The largest absolute Gasteiger partial charge is 0.390 e. The third-order valence-corrected chi connectivity index (χ3v) is 7.54.